The molecule has 0 saturated carbocycles. The Morgan fingerprint density at radius 2 is 1.71 bits per heavy atom. The van der Waals surface area contributed by atoms with E-state index in [9.17, 15) is 0 Å². The van der Waals surface area contributed by atoms with Gasteiger partial charge >= 0.3 is 0 Å². The Hall–Kier alpha value is -1.55. The molecule has 2 N–H and O–H groups in total. The predicted octanol–water partition coefficient (Wildman–Crippen LogP) is 3.67. The molecule has 2 aromatic carbocycles. The minimum Gasteiger partial charge on any atom is -0.367 e. The zero-order valence-electron chi connectivity index (χ0n) is 11.6. The van der Waals surface area contributed by atoms with Gasteiger partial charge in [-0.15, -0.1) is 0 Å². The van der Waals surface area contributed by atoms with Gasteiger partial charge in [0.1, 0.15) is 5.60 Å². The molecule has 2 saturated heterocycles. The number of halogens is 1. The molecule has 4 heteroatoms. The van der Waals surface area contributed by atoms with E-state index >= 15 is 0 Å². The molecule has 2 atom stereocenters. The van der Waals surface area contributed by atoms with Gasteiger partial charge in [0.2, 0.25) is 0 Å². The van der Waals surface area contributed by atoms with E-state index in [1.807, 2.05) is 24.3 Å². The average Bonchev–Trinajstić information content (AvgIpc) is 3.12. The van der Waals surface area contributed by atoms with Crippen LogP contribution in [0.5, 0.6) is 0 Å². The fraction of sp³-hybridized carbons (Fsp3) is 0.294. The Bertz CT molecular complexity index is 631. The number of anilines is 2. The van der Waals surface area contributed by atoms with Gasteiger partial charge in [-0.1, -0.05) is 23.7 Å². The van der Waals surface area contributed by atoms with Crippen molar-refractivity contribution in [2.24, 2.45) is 0 Å². The molecule has 0 amide bonds. The van der Waals surface area contributed by atoms with Crippen molar-refractivity contribution in [3.63, 3.8) is 0 Å². The monoisotopic (exact) mass is 300 g/mol. The van der Waals surface area contributed by atoms with E-state index in [2.05, 4.69) is 34.9 Å². The standard InChI is InChI=1S/C17H17ClN2O/c18-13-3-7-15(8-4-13)20-14-5-1-12(2-6-14)17-9-16(10-21-17)19-11-17/h1-8,16,19-20H,9-11H2. The fourth-order valence-electron chi connectivity index (χ4n) is 3.20. The minimum atomic E-state index is -0.108. The van der Waals surface area contributed by atoms with Crippen molar-refractivity contribution in [1.29, 1.82) is 0 Å². The fourth-order valence-corrected chi connectivity index (χ4v) is 3.33. The van der Waals surface area contributed by atoms with Crippen LogP contribution in [0.3, 0.4) is 0 Å². The van der Waals surface area contributed by atoms with Gasteiger partial charge in [0.25, 0.3) is 0 Å². The minimum absolute atomic E-state index is 0.108. The van der Waals surface area contributed by atoms with E-state index in [1.165, 1.54) is 5.56 Å². The number of hydrogen-bond acceptors (Lipinski definition) is 3. The second kappa shape index (κ2) is 5.02. The van der Waals surface area contributed by atoms with E-state index in [-0.39, 0.29) is 5.60 Å². The lowest BCUT2D eigenvalue weighted by atomic mass is 9.93. The highest BCUT2D eigenvalue weighted by atomic mass is 35.5. The zero-order chi connectivity index (χ0) is 14.3. The Labute approximate surface area is 129 Å². The van der Waals surface area contributed by atoms with Crippen molar-refractivity contribution >= 4 is 23.0 Å². The van der Waals surface area contributed by atoms with Crippen LogP contribution in [0.2, 0.25) is 5.02 Å². The summed E-state index contributed by atoms with van der Waals surface area (Å²) in [5.41, 5.74) is 3.25. The first-order valence-corrected chi connectivity index (χ1v) is 7.62. The molecular formula is C17H17ClN2O. The quantitative estimate of drug-likeness (QED) is 0.907. The highest BCUT2D eigenvalue weighted by Gasteiger charge is 2.47. The molecular weight excluding hydrogens is 284 g/mol. The van der Waals surface area contributed by atoms with E-state index in [4.69, 9.17) is 16.3 Å². The third kappa shape index (κ3) is 2.42. The first-order valence-electron chi connectivity index (χ1n) is 7.24. The zero-order valence-corrected chi connectivity index (χ0v) is 12.4. The molecule has 3 nitrogen and oxygen atoms in total. The first-order chi connectivity index (χ1) is 10.2. The summed E-state index contributed by atoms with van der Waals surface area (Å²) in [6, 6.07) is 16.8. The molecule has 2 aliphatic rings. The third-order valence-electron chi connectivity index (χ3n) is 4.36. The predicted molar refractivity (Wildman–Crippen MR) is 85.2 cm³/mol. The lowest BCUT2D eigenvalue weighted by Gasteiger charge is -2.27. The van der Waals surface area contributed by atoms with E-state index in [0.29, 0.717) is 6.04 Å². The maximum atomic E-state index is 6.00. The van der Waals surface area contributed by atoms with E-state index < -0.39 is 0 Å². The summed E-state index contributed by atoms with van der Waals surface area (Å²) in [5, 5.41) is 7.62. The molecule has 21 heavy (non-hydrogen) atoms. The van der Waals surface area contributed by atoms with Crippen LogP contribution in [0.15, 0.2) is 48.5 Å². The molecule has 0 aliphatic carbocycles. The lowest BCUT2D eigenvalue weighted by molar-refractivity contribution is -0.00957. The summed E-state index contributed by atoms with van der Waals surface area (Å²) in [5.74, 6) is 0. The Morgan fingerprint density at radius 3 is 2.24 bits per heavy atom. The molecule has 2 unspecified atom stereocenters. The molecule has 4 rings (SSSR count). The summed E-state index contributed by atoms with van der Waals surface area (Å²) in [4.78, 5) is 0. The third-order valence-corrected chi connectivity index (χ3v) is 4.61. The highest BCUT2D eigenvalue weighted by Crippen LogP contribution is 2.40. The molecule has 0 spiro atoms. The molecule has 2 fully saturated rings. The van der Waals surface area contributed by atoms with E-state index in [0.717, 1.165) is 36.0 Å². The second-order valence-electron chi connectivity index (χ2n) is 5.80. The largest absolute Gasteiger partial charge is 0.367 e. The van der Waals surface area contributed by atoms with Crippen LogP contribution in [-0.4, -0.2) is 19.2 Å². The van der Waals surface area contributed by atoms with Gasteiger partial charge in [0, 0.05) is 29.0 Å². The second-order valence-corrected chi connectivity index (χ2v) is 6.23. The van der Waals surface area contributed by atoms with Crippen molar-refractivity contribution in [3.8, 4) is 0 Å². The van der Waals surface area contributed by atoms with E-state index in [1.54, 1.807) is 0 Å². The molecule has 2 aliphatic heterocycles. The van der Waals surface area contributed by atoms with Crippen LogP contribution in [0, 0.1) is 0 Å². The average molecular weight is 301 g/mol. The van der Waals surface area contributed by atoms with Gasteiger partial charge in [-0.25, -0.2) is 0 Å². The topological polar surface area (TPSA) is 33.3 Å². The number of rotatable bonds is 3. The van der Waals surface area contributed by atoms with Crippen molar-refractivity contribution in [2.75, 3.05) is 18.5 Å². The molecule has 2 heterocycles. The summed E-state index contributed by atoms with van der Waals surface area (Å²) >= 11 is 5.90. The number of hydrogen-bond donors (Lipinski definition) is 2. The number of ether oxygens (including phenoxy) is 1. The number of benzene rings is 2. The molecule has 2 bridgehead atoms. The smallest absolute Gasteiger partial charge is 0.107 e. The maximum absolute atomic E-state index is 6.00. The van der Waals surface area contributed by atoms with Crippen LogP contribution < -0.4 is 10.6 Å². The lowest BCUT2D eigenvalue weighted by Crippen LogP contribution is -2.37. The molecule has 0 radical (unpaired) electrons. The van der Waals surface area contributed by atoms with Crippen molar-refractivity contribution in [1.82, 2.24) is 5.32 Å². The van der Waals surface area contributed by atoms with Crippen LogP contribution in [0.1, 0.15) is 12.0 Å². The number of fused-ring (bicyclic) bond motifs is 2. The Morgan fingerprint density at radius 1 is 1.05 bits per heavy atom. The van der Waals surface area contributed by atoms with Gasteiger partial charge in [0.05, 0.1) is 6.61 Å². The number of morpholine rings is 1. The molecule has 108 valence electrons. The SMILES string of the molecule is Clc1ccc(Nc2ccc(C34CNC(CO3)C4)cc2)cc1. The first kappa shape index (κ1) is 13.1. The Kier molecular flexibility index (Phi) is 3.14. The van der Waals surface area contributed by atoms with Crippen LogP contribution in [0.4, 0.5) is 11.4 Å². The van der Waals surface area contributed by atoms with Gasteiger partial charge in [0.15, 0.2) is 0 Å². The van der Waals surface area contributed by atoms with Crippen LogP contribution in [0.25, 0.3) is 0 Å². The van der Waals surface area contributed by atoms with Gasteiger partial charge < -0.3 is 15.4 Å². The van der Waals surface area contributed by atoms with Gasteiger partial charge in [-0.2, -0.15) is 0 Å². The summed E-state index contributed by atoms with van der Waals surface area (Å²) in [6.45, 7) is 1.74. The normalized spacial score (nSPS) is 27.0. The van der Waals surface area contributed by atoms with Gasteiger partial charge in [-0.05, 0) is 48.4 Å². The summed E-state index contributed by atoms with van der Waals surface area (Å²) in [6.07, 6.45) is 1.08. The van der Waals surface area contributed by atoms with Crippen molar-refractivity contribution < 1.29 is 4.74 Å². The Balaban J connectivity index is 1.52. The number of nitrogens with one attached hydrogen (secondary N) is 2. The maximum Gasteiger partial charge on any atom is 0.107 e. The summed E-state index contributed by atoms with van der Waals surface area (Å²) < 4.78 is 6.00. The van der Waals surface area contributed by atoms with Gasteiger partial charge in [-0.3, -0.25) is 0 Å². The highest BCUT2D eigenvalue weighted by molar-refractivity contribution is 6.30. The summed E-state index contributed by atoms with van der Waals surface area (Å²) in [7, 11) is 0. The van der Waals surface area contributed by atoms with Crippen molar-refractivity contribution in [3.05, 3.63) is 59.1 Å². The van der Waals surface area contributed by atoms with Crippen LogP contribution >= 0.6 is 11.6 Å². The molecule has 0 aromatic heterocycles. The van der Waals surface area contributed by atoms with Crippen molar-refractivity contribution in [2.45, 2.75) is 18.1 Å². The van der Waals surface area contributed by atoms with Crippen LogP contribution in [-0.2, 0) is 10.3 Å². The molecule has 2 aromatic rings.